The number of benzene rings is 1. The zero-order valence-electron chi connectivity index (χ0n) is 21.4. The van der Waals surface area contributed by atoms with E-state index >= 15 is 0 Å². The van der Waals surface area contributed by atoms with E-state index in [-0.39, 0.29) is 11.6 Å². The first-order chi connectivity index (χ1) is 17.7. The Labute approximate surface area is 219 Å². The minimum atomic E-state index is -3.84. The summed E-state index contributed by atoms with van der Waals surface area (Å²) in [5.41, 5.74) is 2.15. The standard InChI is InChI=1S/C24H28N6O5S2/c1-14-10-25-22(26-11-14)21(35-6)16(3)37(31,32)13-19-28-29-23(24-27-15(2)12-36-24)30(19)20-17(33-4)8-7-9-18(20)34-5/h7-12,16,21H,13H2,1-6H3/t16-,21+/m0/s1. The van der Waals surface area contributed by atoms with Crippen molar-refractivity contribution in [1.29, 1.82) is 0 Å². The van der Waals surface area contributed by atoms with Gasteiger partial charge in [-0.05, 0) is 38.5 Å². The quantitative estimate of drug-likeness (QED) is 0.292. The van der Waals surface area contributed by atoms with Gasteiger partial charge < -0.3 is 14.2 Å². The molecule has 0 bridgehead atoms. The molecular formula is C24H28N6O5S2. The Hall–Kier alpha value is -3.42. The number of para-hydroxylation sites is 1. The molecule has 3 aromatic heterocycles. The van der Waals surface area contributed by atoms with Crippen LogP contribution in [-0.2, 0) is 20.3 Å². The summed E-state index contributed by atoms with van der Waals surface area (Å²) in [4.78, 5) is 13.1. The summed E-state index contributed by atoms with van der Waals surface area (Å²) in [5, 5.41) is 10.1. The molecule has 0 aliphatic rings. The van der Waals surface area contributed by atoms with Crippen LogP contribution in [0.5, 0.6) is 11.5 Å². The molecule has 1 aromatic carbocycles. The van der Waals surface area contributed by atoms with Crippen LogP contribution in [0.2, 0.25) is 0 Å². The molecular weight excluding hydrogens is 516 g/mol. The van der Waals surface area contributed by atoms with E-state index in [4.69, 9.17) is 14.2 Å². The van der Waals surface area contributed by atoms with Crippen LogP contribution in [0.4, 0.5) is 0 Å². The number of sulfone groups is 1. The van der Waals surface area contributed by atoms with Crippen molar-refractivity contribution in [2.45, 2.75) is 37.9 Å². The Balaban J connectivity index is 1.82. The molecule has 0 N–H and O–H groups in total. The minimum absolute atomic E-state index is 0.178. The van der Waals surface area contributed by atoms with E-state index in [1.54, 1.807) is 42.1 Å². The number of hydrogen-bond donors (Lipinski definition) is 0. The van der Waals surface area contributed by atoms with Gasteiger partial charge in [0.05, 0.1) is 19.5 Å². The van der Waals surface area contributed by atoms with Crippen molar-refractivity contribution < 1.29 is 22.6 Å². The molecule has 13 heteroatoms. The third-order valence-corrected chi connectivity index (χ3v) is 8.79. The van der Waals surface area contributed by atoms with E-state index in [0.29, 0.717) is 28.0 Å². The van der Waals surface area contributed by atoms with Crippen LogP contribution in [0.15, 0.2) is 36.0 Å². The Kier molecular flexibility index (Phi) is 7.85. The second kappa shape index (κ2) is 10.9. The zero-order valence-corrected chi connectivity index (χ0v) is 23.0. The third-order valence-electron chi connectivity index (χ3n) is 5.80. The minimum Gasteiger partial charge on any atom is -0.494 e. The number of methoxy groups -OCH3 is 3. The van der Waals surface area contributed by atoms with Gasteiger partial charge in [-0.15, -0.1) is 21.5 Å². The Bertz CT molecular complexity index is 1460. The van der Waals surface area contributed by atoms with E-state index in [1.165, 1.54) is 32.7 Å². The van der Waals surface area contributed by atoms with Crippen molar-refractivity contribution in [2.24, 2.45) is 0 Å². The topological polar surface area (TPSA) is 131 Å². The molecule has 4 aromatic rings. The Morgan fingerprint density at radius 1 is 1.03 bits per heavy atom. The molecule has 0 unspecified atom stereocenters. The van der Waals surface area contributed by atoms with Crippen LogP contribution >= 0.6 is 11.3 Å². The summed E-state index contributed by atoms with van der Waals surface area (Å²) in [5.74, 6) is 1.34. The molecule has 0 aliphatic carbocycles. The number of aryl methyl sites for hydroxylation is 2. The van der Waals surface area contributed by atoms with Gasteiger partial charge in [0, 0.05) is 30.6 Å². The first-order valence-electron chi connectivity index (χ1n) is 11.3. The highest BCUT2D eigenvalue weighted by atomic mass is 32.2. The summed E-state index contributed by atoms with van der Waals surface area (Å²) < 4.78 is 45.8. The monoisotopic (exact) mass is 544 g/mol. The molecule has 196 valence electrons. The van der Waals surface area contributed by atoms with E-state index in [2.05, 4.69) is 25.1 Å². The maximum Gasteiger partial charge on any atom is 0.197 e. The first-order valence-corrected chi connectivity index (χ1v) is 13.9. The van der Waals surface area contributed by atoms with Crippen LogP contribution in [0.3, 0.4) is 0 Å². The summed E-state index contributed by atoms with van der Waals surface area (Å²) in [6.07, 6.45) is 2.38. The summed E-state index contributed by atoms with van der Waals surface area (Å²) in [6, 6.07) is 5.29. The number of ether oxygens (including phenoxy) is 3. The molecule has 3 heterocycles. The third kappa shape index (κ3) is 5.33. The van der Waals surface area contributed by atoms with Gasteiger partial charge in [0.2, 0.25) is 0 Å². The van der Waals surface area contributed by atoms with Crippen molar-refractivity contribution in [3.05, 3.63) is 58.9 Å². The molecule has 37 heavy (non-hydrogen) atoms. The number of rotatable bonds is 10. The van der Waals surface area contributed by atoms with Crippen LogP contribution in [0, 0.1) is 13.8 Å². The van der Waals surface area contributed by atoms with Crippen molar-refractivity contribution >= 4 is 21.2 Å². The number of hydrogen-bond acceptors (Lipinski definition) is 11. The maximum absolute atomic E-state index is 13.7. The van der Waals surface area contributed by atoms with E-state index in [1.807, 2.05) is 19.2 Å². The van der Waals surface area contributed by atoms with Crippen LogP contribution in [0.1, 0.15) is 35.9 Å². The Morgan fingerprint density at radius 2 is 1.68 bits per heavy atom. The predicted octanol–water partition coefficient (Wildman–Crippen LogP) is 3.51. The van der Waals surface area contributed by atoms with Crippen molar-refractivity contribution in [1.82, 2.24) is 29.7 Å². The second-order valence-electron chi connectivity index (χ2n) is 8.37. The molecule has 0 spiro atoms. The smallest absolute Gasteiger partial charge is 0.197 e. The van der Waals surface area contributed by atoms with Gasteiger partial charge in [-0.3, -0.25) is 4.57 Å². The van der Waals surface area contributed by atoms with Crippen molar-refractivity contribution in [2.75, 3.05) is 21.3 Å². The molecule has 0 amide bonds. The normalized spacial score (nSPS) is 13.4. The average molecular weight is 545 g/mol. The predicted molar refractivity (Wildman–Crippen MR) is 139 cm³/mol. The van der Waals surface area contributed by atoms with E-state index in [9.17, 15) is 8.42 Å². The molecule has 0 saturated heterocycles. The van der Waals surface area contributed by atoms with Crippen molar-refractivity contribution in [3.8, 4) is 28.0 Å². The van der Waals surface area contributed by atoms with E-state index in [0.717, 1.165) is 11.3 Å². The summed E-state index contributed by atoms with van der Waals surface area (Å²) in [7, 11) is 0.646. The zero-order chi connectivity index (χ0) is 26.7. The summed E-state index contributed by atoms with van der Waals surface area (Å²) >= 11 is 1.38. The molecule has 0 radical (unpaired) electrons. The van der Waals surface area contributed by atoms with Gasteiger partial charge in [0.15, 0.2) is 32.3 Å². The van der Waals surface area contributed by atoms with Gasteiger partial charge in [0.25, 0.3) is 0 Å². The number of aromatic nitrogens is 6. The highest BCUT2D eigenvalue weighted by Crippen LogP contribution is 2.37. The maximum atomic E-state index is 13.7. The molecule has 0 aliphatic heterocycles. The van der Waals surface area contributed by atoms with Crippen LogP contribution < -0.4 is 9.47 Å². The lowest BCUT2D eigenvalue weighted by Crippen LogP contribution is -2.30. The van der Waals surface area contributed by atoms with Gasteiger partial charge in [-0.1, -0.05) is 6.07 Å². The number of thiazole rings is 1. The average Bonchev–Trinajstić information content (AvgIpc) is 3.50. The second-order valence-corrected chi connectivity index (χ2v) is 11.6. The van der Waals surface area contributed by atoms with Gasteiger partial charge in [0.1, 0.15) is 29.0 Å². The number of nitrogens with zero attached hydrogens (tertiary/aromatic N) is 6. The molecule has 11 nitrogen and oxygen atoms in total. The van der Waals surface area contributed by atoms with Crippen molar-refractivity contribution in [3.63, 3.8) is 0 Å². The Morgan fingerprint density at radius 3 is 2.22 bits per heavy atom. The lowest BCUT2D eigenvalue weighted by atomic mass is 10.2. The van der Waals surface area contributed by atoms with Crippen LogP contribution in [-0.4, -0.2) is 64.7 Å². The first kappa shape index (κ1) is 26.6. The van der Waals surface area contributed by atoms with Gasteiger partial charge in [-0.25, -0.2) is 23.4 Å². The SMILES string of the molecule is COc1cccc(OC)c1-n1c(CS(=O)(=O)[C@@H](C)[C@@H](OC)c2ncc(C)cn2)nnc1-c1nc(C)cs1. The lowest BCUT2D eigenvalue weighted by molar-refractivity contribution is 0.0947. The molecule has 4 rings (SSSR count). The molecule has 2 atom stereocenters. The van der Waals surface area contributed by atoms with Gasteiger partial charge >= 0.3 is 0 Å². The fourth-order valence-corrected chi connectivity index (χ4v) is 6.04. The molecule has 0 fully saturated rings. The molecule has 0 saturated carbocycles. The lowest BCUT2D eigenvalue weighted by Gasteiger charge is -2.22. The fraction of sp³-hybridized carbons (Fsp3) is 0.375. The van der Waals surface area contributed by atoms with E-state index < -0.39 is 26.9 Å². The summed E-state index contributed by atoms with van der Waals surface area (Å²) in [6.45, 7) is 5.30. The highest BCUT2D eigenvalue weighted by Gasteiger charge is 2.35. The largest absolute Gasteiger partial charge is 0.494 e. The highest BCUT2D eigenvalue weighted by molar-refractivity contribution is 7.91. The van der Waals surface area contributed by atoms with Crippen LogP contribution in [0.25, 0.3) is 16.5 Å². The fourth-order valence-electron chi connectivity index (χ4n) is 3.85. The van der Waals surface area contributed by atoms with Gasteiger partial charge in [-0.2, -0.15) is 0 Å².